The van der Waals surface area contributed by atoms with Crippen LogP contribution < -0.4 is 16.0 Å². The number of likely N-dealkylation sites (tertiary alicyclic amines) is 1. The number of nitrogens with one attached hydrogen (secondary N) is 3. The van der Waals surface area contributed by atoms with Crippen LogP contribution in [0.1, 0.15) is 61.4 Å². The summed E-state index contributed by atoms with van der Waals surface area (Å²) in [6.45, 7) is 4.16. The monoisotopic (exact) mass is 561 g/mol. The quantitative estimate of drug-likeness (QED) is 0.436. The van der Waals surface area contributed by atoms with Gasteiger partial charge >= 0.3 is 6.18 Å². The Morgan fingerprint density at radius 2 is 1.75 bits per heavy atom. The third-order valence-electron chi connectivity index (χ3n) is 7.81. The summed E-state index contributed by atoms with van der Waals surface area (Å²) in [6, 6.07) is 6.42. The van der Waals surface area contributed by atoms with Gasteiger partial charge in [-0.05, 0) is 77.0 Å². The Kier molecular flexibility index (Phi) is 9.49. The molecule has 12 heteroatoms. The van der Waals surface area contributed by atoms with Gasteiger partial charge in [0.15, 0.2) is 0 Å². The zero-order chi connectivity index (χ0) is 28.9. The van der Waals surface area contributed by atoms with Gasteiger partial charge in [0, 0.05) is 43.1 Å². The number of carbonyl (C=O) groups excluding carboxylic acids is 2. The number of amides is 2. The molecule has 2 fully saturated rings. The lowest BCUT2D eigenvalue weighted by atomic mass is 9.83. The summed E-state index contributed by atoms with van der Waals surface area (Å²) < 4.78 is 41.5. The lowest BCUT2D eigenvalue weighted by molar-refractivity contribution is -0.137. The van der Waals surface area contributed by atoms with E-state index in [-0.39, 0.29) is 29.6 Å². The van der Waals surface area contributed by atoms with E-state index in [0.717, 1.165) is 45.0 Å². The first kappa shape index (κ1) is 29.6. The maximum absolute atomic E-state index is 13.8. The maximum Gasteiger partial charge on any atom is 0.421 e. The second kappa shape index (κ2) is 12.8. The molecule has 0 unspecified atom stereocenters. The Morgan fingerprint density at radius 1 is 1.07 bits per heavy atom. The molecule has 0 spiro atoms. The molecule has 1 saturated carbocycles. The minimum Gasteiger partial charge on any atom is -0.366 e. The number of piperidine rings is 1. The van der Waals surface area contributed by atoms with Crippen LogP contribution in [0.4, 0.5) is 30.6 Å². The van der Waals surface area contributed by atoms with Gasteiger partial charge in [-0.3, -0.25) is 9.59 Å². The fourth-order valence-electron chi connectivity index (χ4n) is 5.43. The van der Waals surface area contributed by atoms with E-state index in [2.05, 4.69) is 37.9 Å². The summed E-state index contributed by atoms with van der Waals surface area (Å²) in [6.07, 6.45) is 0.731. The van der Waals surface area contributed by atoms with Crippen molar-refractivity contribution in [3.8, 4) is 0 Å². The number of aromatic nitrogens is 2. The van der Waals surface area contributed by atoms with Crippen molar-refractivity contribution in [3.63, 3.8) is 0 Å². The van der Waals surface area contributed by atoms with E-state index in [1.807, 2.05) is 14.0 Å². The number of anilines is 3. The Balaban J connectivity index is 1.48. The highest BCUT2D eigenvalue weighted by atomic mass is 19.4. The van der Waals surface area contributed by atoms with Crippen molar-refractivity contribution in [2.75, 3.05) is 44.4 Å². The van der Waals surface area contributed by atoms with Crippen LogP contribution in [0.3, 0.4) is 0 Å². The van der Waals surface area contributed by atoms with E-state index < -0.39 is 23.7 Å². The number of hydrogen-bond acceptors (Lipinski definition) is 7. The molecule has 1 aliphatic carbocycles. The van der Waals surface area contributed by atoms with Crippen LogP contribution in [0, 0.1) is 5.92 Å². The van der Waals surface area contributed by atoms with Gasteiger partial charge in [-0.2, -0.15) is 18.2 Å². The van der Waals surface area contributed by atoms with Gasteiger partial charge < -0.3 is 25.8 Å². The van der Waals surface area contributed by atoms with Gasteiger partial charge in [0.1, 0.15) is 11.4 Å². The smallest absolute Gasteiger partial charge is 0.366 e. The van der Waals surface area contributed by atoms with Crippen molar-refractivity contribution >= 4 is 29.3 Å². The fourth-order valence-corrected chi connectivity index (χ4v) is 5.43. The summed E-state index contributed by atoms with van der Waals surface area (Å²) >= 11 is 0. The molecule has 2 amide bonds. The zero-order valence-electron chi connectivity index (χ0n) is 23.2. The lowest BCUT2D eigenvalue weighted by Gasteiger charge is -2.35. The van der Waals surface area contributed by atoms with Gasteiger partial charge in [-0.15, -0.1) is 0 Å². The van der Waals surface area contributed by atoms with E-state index >= 15 is 0 Å². The zero-order valence-corrected chi connectivity index (χ0v) is 23.2. The number of carbonyl (C=O) groups is 2. The van der Waals surface area contributed by atoms with Crippen LogP contribution >= 0.6 is 0 Å². The highest BCUT2D eigenvalue weighted by Gasteiger charge is 2.38. The van der Waals surface area contributed by atoms with Crippen molar-refractivity contribution in [2.45, 2.75) is 63.7 Å². The van der Waals surface area contributed by atoms with Crippen LogP contribution in [0.5, 0.6) is 0 Å². The van der Waals surface area contributed by atoms with Crippen molar-refractivity contribution in [2.24, 2.45) is 5.92 Å². The van der Waals surface area contributed by atoms with Crippen LogP contribution in [0.15, 0.2) is 30.5 Å². The third-order valence-corrected chi connectivity index (χ3v) is 7.81. The van der Waals surface area contributed by atoms with E-state index in [0.29, 0.717) is 30.6 Å². The molecule has 4 rings (SSSR count). The number of nitrogens with zero attached hydrogens (tertiary/aromatic N) is 4. The molecule has 1 aromatic carbocycles. The molecule has 2 heterocycles. The minimum atomic E-state index is -4.67. The van der Waals surface area contributed by atoms with Crippen molar-refractivity contribution in [3.05, 3.63) is 41.6 Å². The van der Waals surface area contributed by atoms with E-state index in [1.165, 1.54) is 0 Å². The molecule has 2 aromatic rings. The van der Waals surface area contributed by atoms with Crippen LogP contribution in [0.25, 0.3) is 0 Å². The summed E-state index contributed by atoms with van der Waals surface area (Å²) in [5, 5.41) is 8.64. The molecule has 40 heavy (non-hydrogen) atoms. The van der Waals surface area contributed by atoms with Crippen LogP contribution in [-0.2, 0) is 11.0 Å². The molecule has 1 aliphatic heterocycles. The topological polar surface area (TPSA) is 102 Å². The minimum absolute atomic E-state index is 0.0246. The van der Waals surface area contributed by atoms with E-state index in [4.69, 9.17) is 0 Å². The molecule has 0 radical (unpaired) electrons. The SMILES string of the molecule is CCNC(=O)[C@H]1CCCC[C@H]1Nc1nc(Nc2ccc(C(=O)N(C)C3CCN(C)CC3)cc2)ncc1C(F)(F)F. The predicted octanol–water partition coefficient (Wildman–Crippen LogP) is 4.51. The van der Waals surface area contributed by atoms with Gasteiger partial charge in [0.25, 0.3) is 5.91 Å². The first-order valence-corrected chi connectivity index (χ1v) is 13.9. The maximum atomic E-state index is 13.8. The van der Waals surface area contributed by atoms with Crippen LogP contribution in [0.2, 0.25) is 0 Å². The first-order valence-electron chi connectivity index (χ1n) is 13.9. The summed E-state index contributed by atoms with van der Waals surface area (Å²) in [7, 11) is 3.89. The molecule has 3 N–H and O–H groups in total. The average Bonchev–Trinajstić information content (AvgIpc) is 2.93. The number of benzene rings is 1. The van der Waals surface area contributed by atoms with Gasteiger partial charge in [-0.1, -0.05) is 12.8 Å². The molecule has 1 aromatic heterocycles. The molecule has 2 atom stereocenters. The lowest BCUT2D eigenvalue weighted by Crippen LogP contribution is -2.44. The molecular formula is C28H38F3N7O2. The fraction of sp³-hybridized carbons (Fsp3) is 0.571. The predicted molar refractivity (Wildman–Crippen MR) is 147 cm³/mol. The molecule has 0 bridgehead atoms. The molecular weight excluding hydrogens is 523 g/mol. The van der Waals surface area contributed by atoms with Crippen LogP contribution in [-0.4, -0.2) is 77.4 Å². The van der Waals surface area contributed by atoms with Crippen molar-refractivity contribution in [1.82, 2.24) is 25.1 Å². The Labute approximate surface area is 232 Å². The van der Waals surface area contributed by atoms with E-state index in [9.17, 15) is 22.8 Å². The summed E-state index contributed by atoms with van der Waals surface area (Å²) in [4.78, 5) is 37.6. The average molecular weight is 562 g/mol. The number of hydrogen-bond donors (Lipinski definition) is 3. The number of rotatable bonds is 8. The first-order chi connectivity index (χ1) is 19.1. The Bertz CT molecular complexity index is 1170. The van der Waals surface area contributed by atoms with Gasteiger partial charge in [-0.25, -0.2) is 4.98 Å². The Morgan fingerprint density at radius 3 is 2.40 bits per heavy atom. The normalized spacial score (nSPS) is 20.6. The third kappa shape index (κ3) is 7.21. The number of halogens is 3. The molecule has 218 valence electrons. The highest BCUT2D eigenvalue weighted by molar-refractivity contribution is 5.94. The second-order valence-electron chi connectivity index (χ2n) is 10.6. The Hall–Kier alpha value is -3.41. The summed E-state index contributed by atoms with van der Waals surface area (Å²) in [5.41, 5.74) is 0.0644. The second-order valence-corrected chi connectivity index (χ2v) is 10.6. The number of alkyl halides is 3. The molecule has 9 nitrogen and oxygen atoms in total. The van der Waals surface area contributed by atoms with Crippen molar-refractivity contribution in [1.29, 1.82) is 0 Å². The van der Waals surface area contributed by atoms with Crippen molar-refractivity contribution < 1.29 is 22.8 Å². The largest absolute Gasteiger partial charge is 0.421 e. The molecule has 2 aliphatic rings. The standard InChI is InChI=1S/C28H38F3N7O2/c1-4-32-25(39)21-7-5-6-8-23(21)35-24-22(28(29,30)31)17-33-27(36-24)34-19-11-9-18(10-12-19)26(40)38(3)20-13-15-37(2)16-14-20/h9-12,17,20-21,23H,4-8,13-16H2,1-3H3,(H,32,39)(H2,33,34,35,36)/t21-,23+/m0/s1. The highest BCUT2D eigenvalue weighted by Crippen LogP contribution is 2.36. The summed E-state index contributed by atoms with van der Waals surface area (Å²) in [5.74, 6) is -1.08. The molecule has 1 saturated heterocycles. The van der Waals surface area contributed by atoms with Gasteiger partial charge in [0.2, 0.25) is 11.9 Å². The van der Waals surface area contributed by atoms with Gasteiger partial charge in [0.05, 0.1) is 5.92 Å². The van der Waals surface area contributed by atoms with E-state index in [1.54, 1.807) is 29.2 Å².